The molecule has 0 aliphatic rings. The first-order valence-corrected chi connectivity index (χ1v) is 3.42. The van der Waals surface area contributed by atoms with Gasteiger partial charge >= 0.3 is 0 Å². The molecular formula is C5H12BOP. The highest BCUT2D eigenvalue weighted by Crippen LogP contribution is 2.11. The van der Waals surface area contributed by atoms with Crippen molar-refractivity contribution >= 4 is 17.3 Å². The zero-order chi connectivity index (χ0) is 6.57. The van der Waals surface area contributed by atoms with Crippen LogP contribution in [0, 0.1) is 5.92 Å². The Bertz CT molecular complexity index is 58.4. The molecule has 0 heterocycles. The molecule has 0 amide bonds. The zero-order valence-electron chi connectivity index (χ0n) is 5.42. The van der Waals surface area contributed by atoms with E-state index in [9.17, 15) is 0 Å². The molecule has 0 aliphatic carbocycles. The fourth-order valence-electron chi connectivity index (χ4n) is 0.304. The van der Waals surface area contributed by atoms with E-state index in [-0.39, 0.29) is 0 Å². The number of hydrogen-bond donors (Lipinski definition) is 0. The summed E-state index contributed by atoms with van der Waals surface area (Å²) >= 11 is 0. The minimum absolute atomic E-state index is 0.486. The fraction of sp³-hybridized carbons (Fsp3) is 1.00. The van der Waals surface area contributed by atoms with Crippen LogP contribution in [0.1, 0.15) is 13.8 Å². The van der Waals surface area contributed by atoms with Gasteiger partial charge in [-0.2, -0.15) is 0 Å². The van der Waals surface area contributed by atoms with Crippen molar-refractivity contribution in [2.24, 2.45) is 5.92 Å². The Labute approximate surface area is 54.8 Å². The molecule has 0 fully saturated rings. The van der Waals surface area contributed by atoms with Gasteiger partial charge in [-0.1, -0.05) is 13.8 Å². The van der Waals surface area contributed by atoms with Crippen molar-refractivity contribution in [1.29, 1.82) is 0 Å². The van der Waals surface area contributed by atoms with E-state index >= 15 is 0 Å². The summed E-state index contributed by atoms with van der Waals surface area (Å²) in [5, 5.41) is 0. The van der Waals surface area contributed by atoms with Gasteiger partial charge in [-0.15, -0.1) is 9.24 Å². The van der Waals surface area contributed by atoms with E-state index in [2.05, 4.69) is 27.7 Å². The molecule has 2 unspecified atom stereocenters. The van der Waals surface area contributed by atoms with Gasteiger partial charge in [-0.05, 0) is 11.6 Å². The van der Waals surface area contributed by atoms with Crippen LogP contribution in [0.3, 0.4) is 0 Å². The van der Waals surface area contributed by atoms with Crippen LogP contribution in [-0.4, -0.2) is 20.3 Å². The van der Waals surface area contributed by atoms with Crippen LogP contribution in [0.2, 0.25) is 0 Å². The maximum absolute atomic E-state index is 4.85. The van der Waals surface area contributed by atoms with Crippen LogP contribution < -0.4 is 0 Å². The van der Waals surface area contributed by atoms with E-state index in [4.69, 9.17) is 8.05 Å². The van der Waals surface area contributed by atoms with Gasteiger partial charge in [0.25, 0.3) is 8.05 Å². The molecule has 46 valence electrons. The lowest BCUT2D eigenvalue weighted by Gasteiger charge is -2.13. The lowest BCUT2D eigenvalue weighted by atomic mass is 10.1. The average Bonchev–Trinajstić information content (AvgIpc) is 1.67. The van der Waals surface area contributed by atoms with Gasteiger partial charge in [0.05, 0.1) is 0 Å². The third kappa shape index (κ3) is 3.46. The van der Waals surface area contributed by atoms with Crippen LogP contribution in [0.4, 0.5) is 0 Å². The summed E-state index contributed by atoms with van der Waals surface area (Å²) in [6.07, 6.45) is 0. The lowest BCUT2D eigenvalue weighted by Crippen LogP contribution is -2.13. The quantitative estimate of drug-likeness (QED) is 0.408. The summed E-state index contributed by atoms with van der Waals surface area (Å²) in [4.78, 5) is 0. The standard InChI is InChI=1S/C5H12BOP/c1-4(2)5(8)3-7-6/h4-5H,3,8H2,1-2H3. The van der Waals surface area contributed by atoms with Gasteiger partial charge in [0.2, 0.25) is 0 Å². The Morgan fingerprint density at radius 1 is 1.62 bits per heavy atom. The van der Waals surface area contributed by atoms with E-state index in [1.165, 1.54) is 0 Å². The van der Waals surface area contributed by atoms with Crippen molar-refractivity contribution in [2.75, 3.05) is 6.61 Å². The van der Waals surface area contributed by atoms with Crippen LogP contribution in [0.15, 0.2) is 0 Å². The maximum Gasteiger partial charge on any atom is 0.282 e. The van der Waals surface area contributed by atoms with Crippen LogP contribution in [0.25, 0.3) is 0 Å². The Morgan fingerprint density at radius 2 is 2.12 bits per heavy atom. The van der Waals surface area contributed by atoms with Crippen molar-refractivity contribution in [2.45, 2.75) is 19.5 Å². The summed E-state index contributed by atoms with van der Waals surface area (Å²) < 4.78 is 4.44. The van der Waals surface area contributed by atoms with Crippen molar-refractivity contribution in [1.82, 2.24) is 0 Å². The normalized spacial score (nSPS) is 14.5. The van der Waals surface area contributed by atoms with Crippen molar-refractivity contribution in [3.05, 3.63) is 0 Å². The molecule has 0 N–H and O–H groups in total. The topological polar surface area (TPSA) is 9.23 Å². The average molecular weight is 130 g/mol. The summed E-state index contributed by atoms with van der Waals surface area (Å²) in [7, 11) is 7.54. The largest absolute Gasteiger partial charge is 0.447 e. The van der Waals surface area contributed by atoms with Gasteiger partial charge in [0.15, 0.2) is 0 Å². The number of hydrogen-bond acceptors (Lipinski definition) is 1. The molecule has 2 radical (unpaired) electrons. The second-order valence-corrected chi connectivity index (χ2v) is 3.10. The molecule has 0 saturated heterocycles. The first kappa shape index (κ1) is 8.45. The smallest absolute Gasteiger partial charge is 0.282 e. The highest BCUT2D eigenvalue weighted by Gasteiger charge is 2.04. The molecule has 2 atom stereocenters. The second-order valence-electron chi connectivity index (χ2n) is 2.24. The SMILES string of the molecule is [B]OCC(P)C(C)C. The van der Waals surface area contributed by atoms with Gasteiger partial charge in [-0.3, -0.25) is 0 Å². The molecule has 8 heavy (non-hydrogen) atoms. The predicted molar refractivity (Wildman–Crippen MR) is 40.0 cm³/mol. The summed E-state index contributed by atoms with van der Waals surface area (Å²) in [6.45, 7) is 4.90. The molecule has 1 nitrogen and oxygen atoms in total. The van der Waals surface area contributed by atoms with Crippen molar-refractivity contribution in [3.63, 3.8) is 0 Å². The van der Waals surface area contributed by atoms with E-state index in [0.717, 1.165) is 0 Å². The van der Waals surface area contributed by atoms with Crippen LogP contribution in [-0.2, 0) is 4.65 Å². The van der Waals surface area contributed by atoms with E-state index in [1.807, 2.05) is 0 Å². The summed E-state index contributed by atoms with van der Waals surface area (Å²) in [5.41, 5.74) is 0.486. The second kappa shape index (κ2) is 4.35. The molecular weight excluding hydrogens is 118 g/mol. The van der Waals surface area contributed by atoms with Gasteiger partial charge in [0, 0.05) is 6.61 Å². The minimum Gasteiger partial charge on any atom is -0.447 e. The lowest BCUT2D eigenvalue weighted by molar-refractivity contribution is 0.323. The highest BCUT2D eigenvalue weighted by atomic mass is 31.0. The molecule has 0 bridgehead atoms. The molecule has 0 spiro atoms. The summed E-state index contributed by atoms with van der Waals surface area (Å²) in [6, 6.07) is 0. The predicted octanol–water partition coefficient (Wildman–Crippen LogP) is 0.986. The highest BCUT2D eigenvalue weighted by molar-refractivity contribution is 7.17. The van der Waals surface area contributed by atoms with Crippen molar-refractivity contribution in [3.8, 4) is 0 Å². The Kier molecular flexibility index (Phi) is 4.59. The van der Waals surface area contributed by atoms with Crippen LogP contribution in [0.5, 0.6) is 0 Å². The Hall–Kier alpha value is 0.455. The molecule has 0 aromatic rings. The van der Waals surface area contributed by atoms with Gasteiger partial charge in [0.1, 0.15) is 0 Å². The van der Waals surface area contributed by atoms with E-state index < -0.39 is 0 Å². The fourth-order valence-corrected chi connectivity index (χ4v) is 0.415. The van der Waals surface area contributed by atoms with E-state index in [0.29, 0.717) is 18.2 Å². The van der Waals surface area contributed by atoms with Crippen molar-refractivity contribution < 1.29 is 4.65 Å². The summed E-state index contributed by atoms with van der Waals surface area (Å²) in [5.74, 6) is 0.628. The molecule has 0 aliphatic heterocycles. The monoisotopic (exact) mass is 130 g/mol. The molecule has 0 aromatic carbocycles. The number of rotatable bonds is 3. The van der Waals surface area contributed by atoms with Gasteiger partial charge < -0.3 is 4.65 Å². The van der Waals surface area contributed by atoms with Gasteiger partial charge in [-0.25, -0.2) is 0 Å². The Balaban J connectivity index is 3.17. The Morgan fingerprint density at radius 3 is 2.25 bits per heavy atom. The zero-order valence-corrected chi connectivity index (χ0v) is 6.58. The molecule has 0 saturated carbocycles. The third-order valence-electron chi connectivity index (χ3n) is 1.14. The third-order valence-corrected chi connectivity index (χ3v) is 2.11. The molecule has 0 aromatic heterocycles. The first-order valence-electron chi connectivity index (χ1n) is 2.75. The minimum atomic E-state index is 0.486. The molecule has 0 rings (SSSR count). The van der Waals surface area contributed by atoms with E-state index in [1.54, 1.807) is 0 Å². The van der Waals surface area contributed by atoms with Crippen LogP contribution >= 0.6 is 9.24 Å². The first-order chi connectivity index (χ1) is 3.68. The molecule has 3 heteroatoms. The maximum atomic E-state index is 4.85.